The molecule has 1 heterocycles. The highest BCUT2D eigenvalue weighted by molar-refractivity contribution is 4.94. The maximum atomic E-state index is 4.26. The standard InChI is InChI=1S/C15H25N5/c1-2-12(1)10-19(15-5-6-15)7-8-20-11-14(17-18-20)9-16-13-3-4-13/h11-13,15-16H,1-10H2. The largest absolute Gasteiger partial charge is 0.308 e. The Bertz CT molecular complexity index is 445. The summed E-state index contributed by atoms with van der Waals surface area (Å²) in [5, 5.41) is 12.0. The number of nitrogens with zero attached hydrogens (tertiary/aromatic N) is 4. The van der Waals surface area contributed by atoms with Gasteiger partial charge >= 0.3 is 0 Å². The second-order valence-corrected chi connectivity index (χ2v) is 6.80. The summed E-state index contributed by atoms with van der Waals surface area (Å²) in [4.78, 5) is 2.68. The van der Waals surface area contributed by atoms with E-state index < -0.39 is 0 Å². The molecule has 0 aliphatic heterocycles. The van der Waals surface area contributed by atoms with Gasteiger partial charge in [0.15, 0.2) is 0 Å². The van der Waals surface area contributed by atoms with Gasteiger partial charge < -0.3 is 5.32 Å². The quantitative estimate of drug-likeness (QED) is 0.740. The monoisotopic (exact) mass is 275 g/mol. The third kappa shape index (κ3) is 3.58. The van der Waals surface area contributed by atoms with Crippen LogP contribution in [0.4, 0.5) is 0 Å². The van der Waals surface area contributed by atoms with Crippen LogP contribution in [-0.2, 0) is 13.1 Å². The number of aromatic nitrogens is 3. The first-order valence-electron chi connectivity index (χ1n) is 8.23. The first-order chi connectivity index (χ1) is 9.87. The van der Waals surface area contributed by atoms with Crippen molar-refractivity contribution in [3.05, 3.63) is 11.9 Å². The highest BCUT2D eigenvalue weighted by Crippen LogP contribution is 2.34. The van der Waals surface area contributed by atoms with Gasteiger partial charge in [0.2, 0.25) is 0 Å². The van der Waals surface area contributed by atoms with Crippen LogP contribution in [0.5, 0.6) is 0 Å². The van der Waals surface area contributed by atoms with E-state index in [0.717, 1.165) is 43.3 Å². The van der Waals surface area contributed by atoms with Crippen molar-refractivity contribution in [3.63, 3.8) is 0 Å². The summed E-state index contributed by atoms with van der Waals surface area (Å²) in [7, 11) is 0. The molecule has 0 unspecified atom stereocenters. The molecule has 3 aliphatic rings. The lowest BCUT2D eigenvalue weighted by atomic mass is 10.3. The smallest absolute Gasteiger partial charge is 0.0964 e. The van der Waals surface area contributed by atoms with Gasteiger partial charge in [-0.3, -0.25) is 9.58 Å². The average Bonchev–Trinajstić information content (AvgIpc) is 3.31. The zero-order valence-electron chi connectivity index (χ0n) is 12.2. The predicted molar refractivity (Wildman–Crippen MR) is 77.2 cm³/mol. The van der Waals surface area contributed by atoms with E-state index in [4.69, 9.17) is 0 Å². The SMILES string of the molecule is c1c(CNC2CC2)nnn1CCN(CC1CC1)C1CC1. The van der Waals surface area contributed by atoms with Crippen molar-refractivity contribution in [2.24, 2.45) is 5.92 Å². The van der Waals surface area contributed by atoms with Crippen LogP contribution < -0.4 is 5.32 Å². The van der Waals surface area contributed by atoms with Gasteiger partial charge in [-0.1, -0.05) is 5.21 Å². The molecule has 0 amide bonds. The van der Waals surface area contributed by atoms with Crippen molar-refractivity contribution in [1.82, 2.24) is 25.2 Å². The normalized spacial score (nSPS) is 22.6. The van der Waals surface area contributed by atoms with Gasteiger partial charge in [-0.05, 0) is 44.4 Å². The molecule has 5 heteroatoms. The third-order valence-electron chi connectivity index (χ3n) is 4.60. The first kappa shape index (κ1) is 12.8. The summed E-state index contributed by atoms with van der Waals surface area (Å²) in [5.41, 5.74) is 1.08. The molecule has 0 saturated heterocycles. The summed E-state index contributed by atoms with van der Waals surface area (Å²) in [6.07, 6.45) is 10.5. The molecule has 4 rings (SSSR count). The van der Waals surface area contributed by atoms with Crippen molar-refractivity contribution in [2.75, 3.05) is 13.1 Å². The summed E-state index contributed by atoms with van der Waals surface area (Å²) in [6, 6.07) is 1.61. The molecule has 5 nitrogen and oxygen atoms in total. The van der Waals surface area contributed by atoms with E-state index in [1.807, 2.05) is 4.68 Å². The van der Waals surface area contributed by atoms with Crippen molar-refractivity contribution in [2.45, 2.75) is 63.7 Å². The molecule has 3 fully saturated rings. The second-order valence-electron chi connectivity index (χ2n) is 6.80. The molecule has 20 heavy (non-hydrogen) atoms. The first-order valence-corrected chi connectivity index (χ1v) is 8.23. The van der Waals surface area contributed by atoms with Crippen LogP contribution in [-0.4, -0.2) is 45.1 Å². The Morgan fingerprint density at radius 3 is 2.75 bits per heavy atom. The predicted octanol–water partition coefficient (Wildman–Crippen LogP) is 1.40. The average molecular weight is 275 g/mol. The lowest BCUT2D eigenvalue weighted by molar-refractivity contribution is 0.238. The summed E-state index contributed by atoms with van der Waals surface area (Å²) >= 11 is 0. The van der Waals surface area contributed by atoms with Gasteiger partial charge in [0.25, 0.3) is 0 Å². The lowest BCUT2D eigenvalue weighted by Crippen LogP contribution is -2.31. The molecule has 3 aliphatic carbocycles. The Balaban J connectivity index is 1.24. The van der Waals surface area contributed by atoms with E-state index in [-0.39, 0.29) is 0 Å². The number of nitrogens with one attached hydrogen (secondary N) is 1. The Morgan fingerprint density at radius 2 is 2.05 bits per heavy atom. The highest BCUT2D eigenvalue weighted by Gasteiger charge is 2.33. The van der Waals surface area contributed by atoms with Gasteiger partial charge in [0.05, 0.1) is 12.2 Å². The zero-order chi connectivity index (χ0) is 13.4. The van der Waals surface area contributed by atoms with E-state index in [9.17, 15) is 0 Å². The Morgan fingerprint density at radius 1 is 1.20 bits per heavy atom. The van der Waals surface area contributed by atoms with E-state index in [2.05, 4.69) is 26.7 Å². The van der Waals surface area contributed by atoms with E-state index in [0.29, 0.717) is 0 Å². The minimum Gasteiger partial charge on any atom is -0.308 e. The topological polar surface area (TPSA) is 46.0 Å². The van der Waals surface area contributed by atoms with Gasteiger partial charge in [-0.2, -0.15) is 0 Å². The van der Waals surface area contributed by atoms with Crippen molar-refractivity contribution in [1.29, 1.82) is 0 Å². The summed E-state index contributed by atoms with van der Waals surface area (Å²) < 4.78 is 2.02. The molecule has 1 aromatic heterocycles. The molecule has 0 atom stereocenters. The van der Waals surface area contributed by atoms with Gasteiger partial charge in [-0.15, -0.1) is 5.10 Å². The molecular formula is C15H25N5. The molecule has 0 radical (unpaired) electrons. The zero-order valence-corrected chi connectivity index (χ0v) is 12.2. The van der Waals surface area contributed by atoms with Gasteiger partial charge in [-0.25, -0.2) is 0 Å². The molecule has 0 spiro atoms. The highest BCUT2D eigenvalue weighted by atomic mass is 15.4. The molecule has 0 aromatic carbocycles. The van der Waals surface area contributed by atoms with Gasteiger partial charge in [0.1, 0.15) is 0 Å². The minimum atomic E-state index is 0.740. The van der Waals surface area contributed by atoms with Crippen LogP contribution in [0.2, 0.25) is 0 Å². The summed E-state index contributed by atoms with van der Waals surface area (Å²) in [6.45, 7) is 4.31. The van der Waals surface area contributed by atoms with Crippen LogP contribution >= 0.6 is 0 Å². The summed E-state index contributed by atoms with van der Waals surface area (Å²) in [5.74, 6) is 0.990. The maximum absolute atomic E-state index is 4.26. The number of hydrogen-bond acceptors (Lipinski definition) is 4. The van der Waals surface area contributed by atoms with Crippen LogP contribution in [0.3, 0.4) is 0 Å². The minimum absolute atomic E-state index is 0.740. The Labute approximate surface area is 120 Å². The van der Waals surface area contributed by atoms with E-state index >= 15 is 0 Å². The molecule has 1 N–H and O–H groups in total. The van der Waals surface area contributed by atoms with Gasteiger partial charge in [0, 0.05) is 37.9 Å². The van der Waals surface area contributed by atoms with Crippen LogP contribution in [0.15, 0.2) is 6.20 Å². The molecule has 1 aromatic rings. The molecular weight excluding hydrogens is 250 g/mol. The Kier molecular flexibility index (Phi) is 3.48. The Hall–Kier alpha value is -0.940. The second kappa shape index (κ2) is 5.45. The maximum Gasteiger partial charge on any atom is 0.0964 e. The van der Waals surface area contributed by atoms with E-state index in [1.165, 1.54) is 45.1 Å². The fraction of sp³-hybridized carbons (Fsp3) is 0.867. The molecule has 3 saturated carbocycles. The van der Waals surface area contributed by atoms with Crippen molar-refractivity contribution in [3.8, 4) is 0 Å². The van der Waals surface area contributed by atoms with Crippen molar-refractivity contribution < 1.29 is 0 Å². The number of rotatable bonds is 9. The van der Waals surface area contributed by atoms with Crippen LogP contribution in [0.1, 0.15) is 44.2 Å². The van der Waals surface area contributed by atoms with Crippen LogP contribution in [0.25, 0.3) is 0 Å². The fourth-order valence-corrected chi connectivity index (χ4v) is 2.79. The number of hydrogen-bond donors (Lipinski definition) is 1. The van der Waals surface area contributed by atoms with Crippen LogP contribution in [0, 0.1) is 5.92 Å². The van der Waals surface area contributed by atoms with E-state index in [1.54, 1.807) is 0 Å². The molecule has 0 bridgehead atoms. The molecule has 110 valence electrons. The van der Waals surface area contributed by atoms with Crippen molar-refractivity contribution >= 4 is 0 Å². The fourth-order valence-electron chi connectivity index (χ4n) is 2.79. The lowest BCUT2D eigenvalue weighted by Gasteiger charge is -2.21. The third-order valence-corrected chi connectivity index (χ3v) is 4.60.